The van der Waals surface area contributed by atoms with E-state index in [0.717, 1.165) is 0 Å². The van der Waals surface area contributed by atoms with Crippen molar-refractivity contribution in [1.82, 2.24) is 10.6 Å². The van der Waals surface area contributed by atoms with Gasteiger partial charge in [-0.05, 0) is 57.7 Å². The third kappa shape index (κ3) is 9.76. The van der Waals surface area contributed by atoms with Crippen molar-refractivity contribution in [1.29, 1.82) is 0 Å². The fourth-order valence-electron chi connectivity index (χ4n) is 4.58. The Hall–Kier alpha value is -2.99. The molecular formula is C31H32Cl5N3O7. The Morgan fingerprint density at radius 1 is 0.957 bits per heavy atom. The van der Waals surface area contributed by atoms with Crippen molar-refractivity contribution in [2.75, 3.05) is 6.54 Å². The summed E-state index contributed by atoms with van der Waals surface area (Å²) in [5, 5.41) is 13.4. The number of hydrogen-bond donors (Lipinski definition) is 4. The lowest BCUT2D eigenvalue weighted by Gasteiger charge is -2.35. The second-order valence-corrected chi connectivity index (χ2v) is 13.4. The van der Waals surface area contributed by atoms with Crippen molar-refractivity contribution in [3.05, 3.63) is 79.2 Å². The van der Waals surface area contributed by atoms with E-state index in [0.29, 0.717) is 5.56 Å². The number of aromatic hydroxyl groups is 1. The van der Waals surface area contributed by atoms with Crippen molar-refractivity contribution in [2.45, 2.75) is 57.7 Å². The number of rotatable bonds is 11. The van der Waals surface area contributed by atoms with Crippen LogP contribution in [0.5, 0.6) is 11.5 Å². The van der Waals surface area contributed by atoms with Crippen LogP contribution in [0, 0.1) is 5.41 Å². The van der Waals surface area contributed by atoms with Crippen LogP contribution in [-0.4, -0.2) is 53.1 Å². The van der Waals surface area contributed by atoms with Crippen LogP contribution in [-0.2, 0) is 25.5 Å². The lowest BCUT2D eigenvalue weighted by Crippen LogP contribution is -2.54. The number of carbonyl (C=O) groups is 4. The van der Waals surface area contributed by atoms with Gasteiger partial charge in [0.1, 0.15) is 34.0 Å². The van der Waals surface area contributed by atoms with Gasteiger partial charge in [-0.25, -0.2) is 9.59 Å². The zero-order valence-electron chi connectivity index (χ0n) is 25.0. The number of phenolic OH excluding ortho intramolecular Hbond substituents is 1. The van der Waals surface area contributed by atoms with Crippen LogP contribution in [0.3, 0.4) is 0 Å². The maximum Gasteiger partial charge on any atom is 0.408 e. The molecule has 0 saturated carbocycles. The minimum Gasteiger partial charge on any atom is -0.508 e. The van der Waals surface area contributed by atoms with Gasteiger partial charge in [0, 0.05) is 0 Å². The smallest absolute Gasteiger partial charge is 0.408 e. The molecule has 0 aromatic heterocycles. The molecular weight excluding hydrogens is 704 g/mol. The van der Waals surface area contributed by atoms with Crippen LogP contribution in [0.25, 0.3) is 0 Å². The number of amides is 2. The Labute approximate surface area is 291 Å². The molecule has 1 aliphatic rings. The predicted molar refractivity (Wildman–Crippen MR) is 178 cm³/mol. The number of allylic oxidation sites excluding steroid dienone is 4. The van der Waals surface area contributed by atoms with E-state index in [9.17, 15) is 24.3 Å². The number of carbonyl (C=O) groups excluding carboxylic acids is 4. The Morgan fingerprint density at radius 3 is 2.09 bits per heavy atom. The van der Waals surface area contributed by atoms with Gasteiger partial charge in [0.25, 0.3) is 0 Å². The number of alkyl carbamates (subject to hydrolysis) is 1. The highest BCUT2D eigenvalue weighted by molar-refractivity contribution is 6.55. The van der Waals surface area contributed by atoms with Crippen LogP contribution < -0.4 is 21.1 Å². The number of ketones is 1. The quantitative estimate of drug-likeness (QED) is 0.0870. The first-order valence-corrected chi connectivity index (χ1v) is 15.7. The molecule has 46 heavy (non-hydrogen) atoms. The number of ether oxygens (including phenoxy) is 2. The lowest BCUT2D eigenvalue weighted by molar-refractivity contribution is -0.136. The Kier molecular flexibility index (Phi) is 12.8. The number of halogens is 5. The number of nitrogens with one attached hydrogen (secondary N) is 2. The molecule has 5 N–H and O–H groups in total. The minimum absolute atomic E-state index is 0.0679. The van der Waals surface area contributed by atoms with E-state index in [1.165, 1.54) is 12.1 Å². The van der Waals surface area contributed by atoms with Crippen molar-refractivity contribution in [2.24, 2.45) is 11.1 Å². The first kappa shape index (κ1) is 37.5. The molecule has 2 aromatic carbocycles. The molecule has 0 bridgehead atoms. The Bertz CT molecular complexity index is 1530. The molecule has 3 rings (SSSR count). The Morgan fingerprint density at radius 2 is 1.54 bits per heavy atom. The second-order valence-electron chi connectivity index (χ2n) is 11.5. The van der Waals surface area contributed by atoms with Gasteiger partial charge in [0.15, 0.2) is 11.5 Å². The van der Waals surface area contributed by atoms with E-state index in [1.54, 1.807) is 57.2 Å². The molecule has 15 heteroatoms. The summed E-state index contributed by atoms with van der Waals surface area (Å²) < 4.78 is 10.6. The lowest BCUT2D eigenvalue weighted by atomic mass is 9.70. The summed E-state index contributed by atoms with van der Waals surface area (Å²) in [6, 6.07) is 3.91. The van der Waals surface area contributed by atoms with Gasteiger partial charge in [-0.2, -0.15) is 0 Å². The van der Waals surface area contributed by atoms with Crippen LogP contribution >= 0.6 is 58.0 Å². The normalized spacial score (nSPS) is 17.2. The molecule has 0 saturated heterocycles. The van der Waals surface area contributed by atoms with E-state index in [-0.39, 0.29) is 61.7 Å². The fraction of sp³-hybridized carbons (Fsp3) is 0.355. The highest BCUT2D eigenvalue weighted by Gasteiger charge is 2.43. The highest BCUT2D eigenvalue weighted by atomic mass is 35.5. The molecule has 0 heterocycles. The van der Waals surface area contributed by atoms with Gasteiger partial charge >= 0.3 is 12.1 Å². The van der Waals surface area contributed by atoms with E-state index in [1.807, 2.05) is 0 Å². The second kappa shape index (κ2) is 15.7. The molecule has 2 aromatic rings. The predicted octanol–water partition coefficient (Wildman–Crippen LogP) is 6.61. The molecule has 1 unspecified atom stereocenters. The van der Waals surface area contributed by atoms with Crippen LogP contribution in [0.1, 0.15) is 39.2 Å². The largest absolute Gasteiger partial charge is 0.508 e. The summed E-state index contributed by atoms with van der Waals surface area (Å²) in [7, 11) is 0. The zero-order chi connectivity index (χ0) is 34.4. The molecule has 2 amide bonds. The monoisotopic (exact) mass is 733 g/mol. The van der Waals surface area contributed by atoms with Gasteiger partial charge in [-0.1, -0.05) is 94.4 Å². The third-order valence-corrected chi connectivity index (χ3v) is 8.97. The summed E-state index contributed by atoms with van der Waals surface area (Å²) in [5.41, 5.74) is 4.88. The van der Waals surface area contributed by atoms with Crippen molar-refractivity contribution in [3.63, 3.8) is 0 Å². The molecule has 248 valence electrons. The number of phenols is 1. The summed E-state index contributed by atoms with van der Waals surface area (Å²) in [4.78, 5) is 52.9. The van der Waals surface area contributed by atoms with Gasteiger partial charge in [-0.3, -0.25) is 9.59 Å². The number of benzene rings is 2. The van der Waals surface area contributed by atoms with Gasteiger partial charge < -0.3 is 30.9 Å². The number of hydrogen-bond acceptors (Lipinski definition) is 8. The van der Waals surface area contributed by atoms with Crippen LogP contribution in [0.2, 0.25) is 25.1 Å². The molecule has 0 radical (unpaired) electrons. The highest BCUT2D eigenvalue weighted by Crippen LogP contribution is 2.48. The first-order valence-electron chi connectivity index (χ1n) is 13.9. The van der Waals surface area contributed by atoms with Crippen LogP contribution in [0.4, 0.5) is 4.79 Å². The molecule has 0 spiro atoms. The fourth-order valence-corrected chi connectivity index (χ4v) is 5.78. The molecule has 3 atom stereocenters. The van der Waals surface area contributed by atoms with Crippen LogP contribution in [0.15, 0.2) is 48.6 Å². The van der Waals surface area contributed by atoms with E-state index in [2.05, 4.69) is 10.6 Å². The summed E-state index contributed by atoms with van der Waals surface area (Å²) in [5.74, 6) is -2.51. The zero-order valence-corrected chi connectivity index (χ0v) is 28.7. The maximum absolute atomic E-state index is 13.9. The molecule has 0 aliphatic heterocycles. The third-order valence-electron chi connectivity index (χ3n) is 6.73. The van der Waals surface area contributed by atoms with Crippen molar-refractivity contribution < 1.29 is 33.8 Å². The molecule has 10 nitrogen and oxygen atoms in total. The summed E-state index contributed by atoms with van der Waals surface area (Å²) in [6.07, 6.45) is 5.98. The van der Waals surface area contributed by atoms with Gasteiger partial charge in [0.2, 0.25) is 5.91 Å². The summed E-state index contributed by atoms with van der Waals surface area (Å²) >= 11 is 30.3. The number of esters is 1. The average molecular weight is 736 g/mol. The van der Waals surface area contributed by atoms with Crippen molar-refractivity contribution >= 4 is 81.8 Å². The maximum atomic E-state index is 13.9. The standard InChI is InChI=1S/C31H32Cl5N3O7/c1-30(2,3)46-29(44)39-19(28(43)38-15-20(41)45-26-24(35)22(33)21(32)23(34)25(26)36)14-31(11-5-4-6-12-31)27(42)18(37)13-16-7-9-17(40)10-8-16/h4-11,18-19,40H,12-15,37H2,1-3H3,(H,38,43)(H,39,44)/t18-,19+,31?/m0/s1. The van der Waals surface area contributed by atoms with Gasteiger partial charge in [0.05, 0.1) is 26.5 Å². The number of nitrogens with two attached hydrogens (primary N) is 1. The minimum atomic E-state index is -1.37. The van der Waals surface area contributed by atoms with Crippen molar-refractivity contribution in [3.8, 4) is 11.5 Å². The molecule has 1 aliphatic carbocycles. The van der Waals surface area contributed by atoms with E-state index in [4.69, 9.17) is 73.2 Å². The SMILES string of the molecule is CC(C)(C)OC(=O)N[C@H](CC1(C(=O)[C@@H](N)Cc2ccc(O)cc2)C=CC=CC1)C(=O)NCC(=O)Oc1c(Cl)c(Cl)c(Cl)c(Cl)c1Cl. The van der Waals surface area contributed by atoms with E-state index >= 15 is 0 Å². The number of Topliss-reactive ketones (excluding diaryl/α,β-unsaturated/α-hetero) is 1. The Balaban J connectivity index is 1.83. The summed E-state index contributed by atoms with van der Waals surface area (Å²) in [6.45, 7) is 4.23. The van der Waals surface area contributed by atoms with Gasteiger partial charge in [-0.15, -0.1) is 0 Å². The first-order chi connectivity index (χ1) is 21.4. The van der Waals surface area contributed by atoms with E-state index < -0.39 is 47.6 Å². The average Bonchev–Trinajstić information content (AvgIpc) is 2.99. The molecule has 0 fully saturated rings. The topological polar surface area (TPSA) is 157 Å².